The van der Waals surface area contributed by atoms with E-state index >= 15 is 0 Å². The highest BCUT2D eigenvalue weighted by Crippen LogP contribution is 2.29. The molecule has 3 aromatic rings. The molecule has 29 heavy (non-hydrogen) atoms. The maximum absolute atomic E-state index is 11.7. The number of β-amino-alcohol motifs (C(OH)–C–C–N with tert-alkyl or cyclic N) is 1. The van der Waals surface area contributed by atoms with E-state index in [2.05, 4.69) is 10.3 Å². The van der Waals surface area contributed by atoms with E-state index < -0.39 is 11.1 Å². The van der Waals surface area contributed by atoms with Gasteiger partial charge in [0.2, 0.25) is 0 Å². The predicted molar refractivity (Wildman–Crippen MR) is 109 cm³/mol. The Balaban J connectivity index is 1.84. The van der Waals surface area contributed by atoms with Gasteiger partial charge in [-0.15, -0.1) is 5.10 Å². The van der Waals surface area contributed by atoms with Gasteiger partial charge in [-0.25, -0.2) is 18.9 Å². The lowest BCUT2D eigenvalue weighted by Crippen LogP contribution is -2.25. The van der Waals surface area contributed by atoms with Gasteiger partial charge in [0.1, 0.15) is 5.82 Å². The molecule has 9 nitrogen and oxygen atoms in total. The van der Waals surface area contributed by atoms with Crippen LogP contribution in [0.3, 0.4) is 0 Å². The molecule has 1 fully saturated rings. The molecule has 4 rings (SSSR count). The summed E-state index contributed by atoms with van der Waals surface area (Å²) in [6.07, 6.45) is 0.291. The summed E-state index contributed by atoms with van der Waals surface area (Å²) in [4.78, 5) is 11.8. The third-order valence-corrected chi connectivity index (χ3v) is 5.73. The molecule has 2 aromatic heterocycles. The highest BCUT2D eigenvalue weighted by molar-refractivity contribution is 7.79. The smallest absolute Gasteiger partial charge is 0.186 e. The Morgan fingerprint density at radius 1 is 1.24 bits per heavy atom. The lowest BCUT2D eigenvalue weighted by atomic mass is 9.96. The van der Waals surface area contributed by atoms with Crippen LogP contribution in [0.1, 0.15) is 38.6 Å². The Kier molecular flexibility index (Phi) is 5.09. The Morgan fingerprint density at radius 2 is 2.00 bits per heavy atom. The van der Waals surface area contributed by atoms with Crippen molar-refractivity contribution in [2.24, 2.45) is 0 Å². The Labute approximate surface area is 171 Å². The van der Waals surface area contributed by atoms with E-state index in [9.17, 15) is 13.9 Å². The van der Waals surface area contributed by atoms with Gasteiger partial charge in [-0.1, -0.05) is 44.2 Å². The molecule has 1 aromatic carbocycles. The number of aliphatic hydroxyl groups excluding tert-OH is 1. The quantitative estimate of drug-likeness (QED) is 0.618. The van der Waals surface area contributed by atoms with Gasteiger partial charge < -0.3 is 14.6 Å². The first kappa shape index (κ1) is 19.9. The van der Waals surface area contributed by atoms with Crippen molar-refractivity contribution in [2.45, 2.75) is 50.2 Å². The predicted octanol–water partition coefficient (Wildman–Crippen LogP) is 1.72. The number of benzene rings is 1. The largest absolute Gasteiger partial charge is 0.391 e. The standard InChI is InChI=1S/C19H24N6O3S/c1-19(2,3)18-20-16(24-9-8-13(26)11-24)15-17(21-18)25(23-22-15)10-12-6-4-5-7-14(12)29(27)28/h4-7,13,26H,8-11H2,1-3H3,(H,27,28)/t13-/m0/s1. The fourth-order valence-electron chi connectivity index (χ4n) is 3.40. The number of fused-ring (bicyclic) bond motifs is 1. The van der Waals surface area contributed by atoms with E-state index in [1.54, 1.807) is 22.9 Å². The first-order chi connectivity index (χ1) is 13.7. The Bertz CT molecular complexity index is 1080. The van der Waals surface area contributed by atoms with Crippen LogP contribution in [0, 0.1) is 0 Å². The van der Waals surface area contributed by atoms with Crippen LogP contribution in [0.25, 0.3) is 11.2 Å². The minimum atomic E-state index is -2.09. The number of anilines is 1. The normalized spacial score (nSPS) is 18.5. The second-order valence-corrected chi connectivity index (χ2v) is 9.22. The van der Waals surface area contributed by atoms with Crippen LogP contribution in [-0.2, 0) is 23.0 Å². The number of aliphatic hydroxyl groups is 1. The van der Waals surface area contributed by atoms with Gasteiger partial charge in [-0.3, -0.25) is 0 Å². The maximum Gasteiger partial charge on any atom is 0.186 e. The summed E-state index contributed by atoms with van der Waals surface area (Å²) in [5.41, 5.74) is 1.52. The summed E-state index contributed by atoms with van der Waals surface area (Å²) in [5, 5.41) is 18.5. The minimum absolute atomic E-state index is 0.266. The van der Waals surface area contributed by atoms with Gasteiger partial charge >= 0.3 is 0 Å². The summed E-state index contributed by atoms with van der Waals surface area (Å²) in [7, 11) is 0. The molecule has 3 heterocycles. The first-order valence-corrected chi connectivity index (χ1v) is 10.6. The highest BCUT2D eigenvalue weighted by Gasteiger charge is 2.29. The lowest BCUT2D eigenvalue weighted by molar-refractivity contribution is 0.198. The molecule has 1 unspecified atom stereocenters. The van der Waals surface area contributed by atoms with Gasteiger partial charge in [0.15, 0.2) is 28.1 Å². The number of aromatic nitrogens is 5. The maximum atomic E-state index is 11.7. The van der Waals surface area contributed by atoms with Gasteiger partial charge in [0, 0.05) is 18.5 Å². The molecule has 2 atom stereocenters. The third-order valence-electron chi connectivity index (χ3n) is 4.96. The molecule has 1 aliphatic rings. The molecule has 0 saturated carbocycles. The SMILES string of the molecule is CC(C)(C)c1nc(N2CC[C@H](O)C2)c2nnn(Cc3ccccc3S(=O)O)c2n1. The van der Waals surface area contributed by atoms with E-state index in [1.165, 1.54) is 0 Å². The number of hydrogen-bond donors (Lipinski definition) is 2. The van der Waals surface area contributed by atoms with Crippen molar-refractivity contribution in [3.63, 3.8) is 0 Å². The molecular formula is C19H24N6O3S. The van der Waals surface area contributed by atoms with Crippen LogP contribution in [0.2, 0.25) is 0 Å². The topological polar surface area (TPSA) is 117 Å². The van der Waals surface area contributed by atoms with E-state index in [-0.39, 0.29) is 18.1 Å². The summed E-state index contributed by atoms with van der Waals surface area (Å²) in [6.45, 7) is 7.56. The fraction of sp³-hybridized carbons (Fsp3) is 0.474. The molecule has 2 N–H and O–H groups in total. The van der Waals surface area contributed by atoms with Crippen LogP contribution in [0.5, 0.6) is 0 Å². The molecule has 1 saturated heterocycles. The molecule has 0 aliphatic carbocycles. The molecule has 0 radical (unpaired) electrons. The molecule has 0 amide bonds. The van der Waals surface area contributed by atoms with E-state index in [4.69, 9.17) is 9.97 Å². The molecule has 0 spiro atoms. The molecule has 154 valence electrons. The minimum Gasteiger partial charge on any atom is -0.391 e. The van der Waals surface area contributed by atoms with E-state index in [1.807, 2.05) is 31.7 Å². The monoisotopic (exact) mass is 416 g/mol. The van der Waals surface area contributed by atoms with Crippen molar-refractivity contribution in [2.75, 3.05) is 18.0 Å². The molecule has 0 bridgehead atoms. The van der Waals surface area contributed by atoms with Gasteiger partial charge in [0.25, 0.3) is 0 Å². The van der Waals surface area contributed by atoms with E-state index in [0.29, 0.717) is 52.8 Å². The van der Waals surface area contributed by atoms with Gasteiger partial charge in [-0.05, 0) is 18.1 Å². The van der Waals surface area contributed by atoms with Crippen molar-refractivity contribution in [1.29, 1.82) is 0 Å². The van der Waals surface area contributed by atoms with Crippen LogP contribution in [-0.4, -0.2) is 58.0 Å². The van der Waals surface area contributed by atoms with Crippen LogP contribution in [0.4, 0.5) is 5.82 Å². The summed E-state index contributed by atoms with van der Waals surface area (Å²) < 4.78 is 22.9. The first-order valence-electron chi connectivity index (χ1n) is 9.47. The second-order valence-electron chi connectivity index (χ2n) is 8.29. The fourth-order valence-corrected chi connectivity index (χ4v) is 3.96. The van der Waals surface area contributed by atoms with Crippen molar-refractivity contribution < 1.29 is 13.9 Å². The lowest BCUT2D eigenvalue weighted by Gasteiger charge is -2.22. The van der Waals surface area contributed by atoms with Crippen LogP contribution < -0.4 is 4.90 Å². The zero-order valence-corrected chi connectivity index (χ0v) is 17.4. The molecular weight excluding hydrogens is 392 g/mol. The summed E-state index contributed by atoms with van der Waals surface area (Å²) in [6, 6.07) is 6.96. The average Bonchev–Trinajstić information content (AvgIpc) is 3.27. The summed E-state index contributed by atoms with van der Waals surface area (Å²) in [5.74, 6) is 1.32. The van der Waals surface area contributed by atoms with Crippen molar-refractivity contribution >= 4 is 28.1 Å². The van der Waals surface area contributed by atoms with Crippen LogP contribution >= 0.6 is 0 Å². The van der Waals surface area contributed by atoms with Gasteiger partial charge in [0.05, 0.1) is 17.5 Å². The highest BCUT2D eigenvalue weighted by atomic mass is 32.2. The van der Waals surface area contributed by atoms with E-state index in [0.717, 1.165) is 0 Å². The van der Waals surface area contributed by atoms with Crippen molar-refractivity contribution in [3.05, 3.63) is 35.7 Å². The van der Waals surface area contributed by atoms with Crippen molar-refractivity contribution in [1.82, 2.24) is 25.0 Å². The van der Waals surface area contributed by atoms with Gasteiger partial charge in [-0.2, -0.15) is 0 Å². The average molecular weight is 417 g/mol. The molecule has 1 aliphatic heterocycles. The second kappa shape index (κ2) is 7.43. The van der Waals surface area contributed by atoms with Crippen LogP contribution in [0.15, 0.2) is 29.2 Å². The number of nitrogens with zero attached hydrogens (tertiary/aromatic N) is 6. The number of hydrogen-bond acceptors (Lipinski definition) is 7. The Morgan fingerprint density at radius 3 is 2.66 bits per heavy atom. The summed E-state index contributed by atoms with van der Waals surface area (Å²) >= 11 is -2.09. The molecule has 10 heteroatoms. The zero-order chi connectivity index (χ0) is 20.8. The Hall–Kier alpha value is -2.43. The number of rotatable bonds is 4. The van der Waals surface area contributed by atoms with Crippen molar-refractivity contribution in [3.8, 4) is 0 Å². The third kappa shape index (κ3) is 3.87. The zero-order valence-electron chi connectivity index (χ0n) is 16.6.